The summed E-state index contributed by atoms with van der Waals surface area (Å²) in [7, 11) is 4.10. The Labute approximate surface area is 105 Å². The second-order valence-electron chi connectivity index (χ2n) is 5.12. The zero-order chi connectivity index (χ0) is 12.5. The molecular formula is C13H27N3O. The van der Waals surface area contributed by atoms with E-state index in [1.54, 1.807) is 0 Å². The summed E-state index contributed by atoms with van der Waals surface area (Å²) in [4.78, 5) is 13.9. The van der Waals surface area contributed by atoms with Gasteiger partial charge in [0.05, 0.1) is 0 Å². The lowest BCUT2D eigenvalue weighted by atomic mass is 9.95. The zero-order valence-corrected chi connectivity index (χ0v) is 11.3. The van der Waals surface area contributed by atoms with Crippen LogP contribution in [0.5, 0.6) is 0 Å². The maximum Gasteiger partial charge on any atom is 0.220 e. The third-order valence-corrected chi connectivity index (χ3v) is 3.43. The first-order valence-corrected chi connectivity index (χ1v) is 6.82. The van der Waals surface area contributed by atoms with Crippen LogP contribution in [0.1, 0.15) is 32.1 Å². The molecule has 1 unspecified atom stereocenters. The molecule has 0 aromatic heterocycles. The Morgan fingerprint density at radius 1 is 1.41 bits per heavy atom. The predicted molar refractivity (Wildman–Crippen MR) is 71.0 cm³/mol. The molecule has 1 amide bonds. The van der Waals surface area contributed by atoms with Crippen LogP contribution in [0.4, 0.5) is 0 Å². The average molecular weight is 241 g/mol. The van der Waals surface area contributed by atoms with Crippen LogP contribution in [-0.4, -0.2) is 51.1 Å². The minimum Gasteiger partial charge on any atom is -0.356 e. The second-order valence-corrected chi connectivity index (χ2v) is 5.12. The van der Waals surface area contributed by atoms with E-state index < -0.39 is 0 Å². The van der Waals surface area contributed by atoms with Crippen molar-refractivity contribution in [2.24, 2.45) is 5.92 Å². The molecule has 4 nitrogen and oxygen atoms in total. The number of rotatable bonds is 7. The standard InChI is InChI=1S/C13H27N3O/c1-14-8-3-6-13(17)15-9-7-12-5-4-10-16(2)11-12/h12,14H,3-11H2,1-2H3,(H,15,17). The largest absolute Gasteiger partial charge is 0.356 e. The van der Waals surface area contributed by atoms with Crippen molar-refractivity contribution in [2.75, 3.05) is 40.3 Å². The highest BCUT2D eigenvalue weighted by molar-refractivity contribution is 5.75. The number of likely N-dealkylation sites (tertiary alicyclic amines) is 1. The Morgan fingerprint density at radius 2 is 2.24 bits per heavy atom. The minimum absolute atomic E-state index is 0.199. The lowest BCUT2D eigenvalue weighted by molar-refractivity contribution is -0.121. The van der Waals surface area contributed by atoms with Gasteiger partial charge in [-0.2, -0.15) is 0 Å². The quantitative estimate of drug-likeness (QED) is 0.649. The summed E-state index contributed by atoms with van der Waals surface area (Å²) in [5, 5.41) is 6.07. The van der Waals surface area contributed by atoms with Gasteiger partial charge in [0.25, 0.3) is 0 Å². The molecule has 0 spiro atoms. The highest BCUT2D eigenvalue weighted by Crippen LogP contribution is 2.17. The van der Waals surface area contributed by atoms with Gasteiger partial charge in [-0.15, -0.1) is 0 Å². The van der Waals surface area contributed by atoms with Crippen molar-refractivity contribution in [2.45, 2.75) is 32.1 Å². The maximum absolute atomic E-state index is 11.5. The molecule has 2 N–H and O–H groups in total. The van der Waals surface area contributed by atoms with Crippen molar-refractivity contribution in [1.29, 1.82) is 0 Å². The van der Waals surface area contributed by atoms with E-state index >= 15 is 0 Å². The number of carbonyl (C=O) groups is 1. The molecule has 1 atom stereocenters. The van der Waals surface area contributed by atoms with E-state index in [9.17, 15) is 4.79 Å². The van der Waals surface area contributed by atoms with E-state index in [0.29, 0.717) is 6.42 Å². The van der Waals surface area contributed by atoms with Gasteiger partial charge in [0.1, 0.15) is 0 Å². The fourth-order valence-corrected chi connectivity index (χ4v) is 2.44. The third-order valence-electron chi connectivity index (χ3n) is 3.43. The van der Waals surface area contributed by atoms with E-state index in [-0.39, 0.29) is 5.91 Å². The molecule has 1 fully saturated rings. The Morgan fingerprint density at radius 3 is 2.94 bits per heavy atom. The Kier molecular flexibility index (Phi) is 7.21. The predicted octanol–water partition coefficient (Wildman–Crippen LogP) is 0.834. The summed E-state index contributed by atoms with van der Waals surface area (Å²) in [6.45, 7) is 4.18. The van der Waals surface area contributed by atoms with Gasteiger partial charge in [0, 0.05) is 19.5 Å². The Balaban J connectivity index is 2.00. The molecule has 1 aliphatic rings. The van der Waals surface area contributed by atoms with Crippen molar-refractivity contribution in [3.05, 3.63) is 0 Å². The molecule has 0 aliphatic carbocycles. The van der Waals surface area contributed by atoms with Crippen LogP contribution in [-0.2, 0) is 4.79 Å². The number of nitrogens with zero attached hydrogens (tertiary/aromatic N) is 1. The Bertz CT molecular complexity index is 221. The fourth-order valence-electron chi connectivity index (χ4n) is 2.44. The first-order chi connectivity index (χ1) is 8.22. The molecule has 4 heteroatoms. The van der Waals surface area contributed by atoms with Crippen LogP contribution in [0.3, 0.4) is 0 Å². The first kappa shape index (κ1) is 14.5. The maximum atomic E-state index is 11.5. The lowest BCUT2D eigenvalue weighted by Gasteiger charge is -2.29. The van der Waals surface area contributed by atoms with Gasteiger partial charge >= 0.3 is 0 Å². The molecule has 17 heavy (non-hydrogen) atoms. The molecule has 0 saturated carbocycles. The third kappa shape index (κ3) is 6.64. The summed E-state index contributed by atoms with van der Waals surface area (Å²) in [5.74, 6) is 0.968. The minimum atomic E-state index is 0.199. The monoisotopic (exact) mass is 241 g/mol. The molecule has 0 bridgehead atoms. The SMILES string of the molecule is CNCCCC(=O)NCCC1CCCN(C)C1. The van der Waals surface area contributed by atoms with Gasteiger partial charge in [-0.1, -0.05) is 0 Å². The second kappa shape index (κ2) is 8.48. The van der Waals surface area contributed by atoms with Gasteiger partial charge in [-0.25, -0.2) is 0 Å². The number of hydrogen-bond donors (Lipinski definition) is 2. The van der Waals surface area contributed by atoms with Gasteiger partial charge in [0.15, 0.2) is 0 Å². The number of hydrogen-bond acceptors (Lipinski definition) is 3. The Hall–Kier alpha value is -0.610. The van der Waals surface area contributed by atoms with Gasteiger partial charge in [-0.05, 0) is 58.8 Å². The average Bonchev–Trinajstić information content (AvgIpc) is 2.29. The van der Waals surface area contributed by atoms with Crippen molar-refractivity contribution < 1.29 is 4.79 Å². The van der Waals surface area contributed by atoms with Crippen LogP contribution < -0.4 is 10.6 Å². The zero-order valence-electron chi connectivity index (χ0n) is 11.3. The first-order valence-electron chi connectivity index (χ1n) is 6.82. The summed E-state index contributed by atoms with van der Waals surface area (Å²) >= 11 is 0. The molecule has 1 rings (SSSR count). The summed E-state index contributed by atoms with van der Waals surface area (Å²) < 4.78 is 0. The molecule has 1 heterocycles. The van der Waals surface area contributed by atoms with E-state index in [2.05, 4.69) is 22.6 Å². The van der Waals surface area contributed by atoms with Gasteiger partial charge < -0.3 is 15.5 Å². The lowest BCUT2D eigenvalue weighted by Crippen LogP contribution is -2.34. The van der Waals surface area contributed by atoms with Crippen molar-refractivity contribution in [1.82, 2.24) is 15.5 Å². The van der Waals surface area contributed by atoms with Crippen LogP contribution in [0.15, 0.2) is 0 Å². The number of piperidine rings is 1. The van der Waals surface area contributed by atoms with Crippen LogP contribution in [0.25, 0.3) is 0 Å². The molecule has 1 saturated heterocycles. The molecule has 0 aromatic carbocycles. The summed E-state index contributed by atoms with van der Waals surface area (Å²) in [6, 6.07) is 0. The van der Waals surface area contributed by atoms with E-state index in [1.165, 1.54) is 25.9 Å². The van der Waals surface area contributed by atoms with Crippen LogP contribution in [0, 0.1) is 5.92 Å². The molecule has 1 aliphatic heterocycles. The van der Waals surface area contributed by atoms with Crippen molar-refractivity contribution in [3.63, 3.8) is 0 Å². The van der Waals surface area contributed by atoms with Crippen LogP contribution in [0.2, 0.25) is 0 Å². The fraction of sp³-hybridized carbons (Fsp3) is 0.923. The molecule has 0 radical (unpaired) electrons. The topological polar surface area (TPSA) is 44.4 Å². The van der Waals surface area contributed by atoms with Crippen molar-refractivity contribution >= 4 is 5.91 Å². The van der Waals surface area contributed by atoms with Crippen molar-refractivity contribution in [3.8, 4) is 0 Å². The number of amides is 1. The van der Waals surface area contributed by atoms with E-state index in [4.69, 9.17) is 0 Å². The normalized spacial score (nSPS) is 21.4. The van der Waals surface area contributed by atoms with Crippen LogP contribution >= 0.6 is 0 Å². The van der Waals surface area contributed by atoms with E-state index in [0.717, 1.165) is 31.8 Å². The summed E-state index contributed by atoms with van der Waals surface area (Å²) in [6.07, 6.45) is 5.32. The van der Waals surface area contributed by atoms with Gasteiger partial charge in [-0.3, -0.25) is 4.79 Å². The summed E-state index contributed by atoms with van der Waals surface area (Å²) in [5.41, 5.74) is 0. The smallest absolute Gasteiger partial charge is 0.220 e. The molecule has 0 aromatic rings. The molecule has 100 valence electrons. The molecular weight excluding hydrogens is 214 g/mol. The van der Waals surface area contributed by atoms with Gasteiger partial charge in [0.2, 0.25) is 5.91 Å². The number of carbonyl (C=O) groups excluding carboxylic acids is 1. The number of nitrogens with one attached hydrogen (secondary N) is 2. The van der Waals surface area contributed by atoms with E-state index in [1.807, 2.05) is 7.05 Å². The highest BCUT2D eigenvalue weighted by atomic mass is 16.1. The highest BCUT2D eigenvalue weighted by Gasteiger charge is 2.16.